The predicted octanol–water partition coefficient (Wildman–Crippen LogP) is 0.822. The van der Waals surface area contributed by atoms with Gasteiger partial charge in [0.15, 0.2) is 12.0 Å². The Morgan fingerprint density at radius 3 is 3.12 bits per heavy atom. The van der Waals surface area contributed by atoms with Crippen LogP contribution in [0.15, 0.2) is 4.52 Å². The molecule has 1 heterocycles. The molecule has 0 spiro atoms. The molecule has 0 fully saturated rings. The van der Waals surface area contributed by atoms with Crippen LogP contribution in [0.4, 0.5) is 0 Å². The molecule has 0 unspecified atom stereocenters. The number of rotatable bonds is 2. The van der Waals surface area contributed by atoms with Crippen molar-refractivity contribution in [2.75, 3.05) is 0 Å². The largest absolute Gasteiger partial charge is 0.341 e. The van der Waals surface area contributed by atoms with Crippen molar-refractivity contribution in [3.8, 4) is 0 Å². The predicted molar refractivity (Wildman–Crippen MR) is 27.1 cm³/mol. The van der Waals surface area contributed by atoms with Crippen molar-refractivity contribution in [3.05, 3.63) is 12.0 Å². The quantitative estimate of drug-likeness (QED) is 0.567. The first-order chi connectivity index (χ1) is 3.93. The Morgan fingerprint density at radius 2 is 2.62 bits per heavy atom. The van der Waals surface area contributed by atoms with Gasteiger partial charge in [0, 0.05) is 11.7 Å². The maximum Gasteiger partial charge on any atom is 0.166 e. The molecule has 0 aliphatic rings. The van der Waals surface area contributed by atoms with Gasteiger partial charge in [0.25, 0.3) is 0 Å². The van der Waals surface area contributed by atoms with Crippen molar-refractivity contribution in [1.82, 2.24) is 10.4 Å². The molecule has 1 aromatic heterocycles. The second-order valence-electron chi connectivity index (χ2n) is 1.56. The summed E-state index contributed by atoms with van der Waals surface area (Å²) in [7, 11) is 0. The molecule has 0 N–H and O–H groups in total. The van der Waals surface area contributed by atoms with Crippen LogP contribution < -0.4 is 0 Å². The minimum Gasteiger partial charge on any atom is -0.341 e. The summed E-state index contributed by atoms with van der Waals surface area (Å²) in [5.74, 6) is 0.743. The zero-order valence-corrected chi connectivity index (χ0v) is 4.72. The highest BCUT2D eigenvalue weighted by molar-refractivity contribution is 4.81. The Kier molecular flexibility index (Phi) is 1.62. The van der Waals surface area contributed by atoms with Gasteiger partial charge in [-0.15, -0.1) is 5.10 Å². The summed E-state index contributed by atoms with van der Waals surface area (Å²) < 4.78 is 4.66. The zero-order valence-electron chi connectivity index (χ0n) is 4.72. The molecular weight excluding hydrogens is 104 g/mol. The summed E-state index contributed by atoms with van der Waals surface area (Å²) in [4.78, 5) is 0. The number of nitrogens with zero attached hydrogens (tertiary/aromatic N) is 2. The Morgan fingerprint density at radius 1 is 1.75 bits per heavy atom. The normalized spacial score (nSPS) is 9.62. The van der Waals surface area contributed by atoms with E-state index >= 15 is 0 Å². The summed E-state index contributed by atoms with van der Waals surface area (Å²) in [6.07, 6.45) is 4.54. The van der Waals surface area contributed by atoms with Crippen LogP contribution in [-0.2, 0) is 6.42 Å². The maximum absolute atomic E-state index is 4.66. The fourth-order valence-electron chi connectivity index (χ4n) is 0.495. The first-order valence-corrected chi connectivity index (χ1v) is 2.62. The Hall–Kier alpha value is -0.860. The standard InChI is InChI=1S/C5H7N2O/c1-2-3-5-4-6-7-8-5/h2-3H2,1H3. The molecule has 8 heavy (non-hydrogen) atoms. The van der Waals surface area contributed by atoms with Crippen molar-refractivity contribution < 1.29 is 4.52 Å². The Balaban J connectivity index is 2.50. The molecule has 0 bridgehead atoms. The molecule has 0 saturated carbocycles. The molecule has 3 heteroatoms. The Labute approximate surface area is 47.7 Å². The van der Waals surface area contributed by atoms with E-state index < -0.39 is 0 Å². The first kappa shape index (κ1) is 5.28. The van der Waals surface area contributed by atoms with E-state index in [-0.39, 0.29) is 0 Å². The van der Waals surface area contributed by atoms with Crippen LogP contribution in [0.2, 0.25) is 0 Å². The number of hydrogen-bond acceptors (Lipinski definition) is 3. The van der Waals surface area contributed by atoms with Gasteiger partial charge in [-0.25, -0.2) is 0 Å². The minimum atomic E-state index is 0.743. The van der Waals surface area contributed by atoms with Crippen LogP contribution in [-0.4, -0.2) is 10.4 Å². The highest BCUT2D eigenvalue weighted by Gasteiger charge is 1.93. The molecule has 0 aromatic carbocycles. The van der Waals surface area contributed by atoms with E-state index in [9.17, 15) is 0 Å². The maximum atomic E-state index is 4.66. The van der Waals surface area contributed by atoms with Crippen molar-refractivity contribution in [2.24, 2.45) is 0 Å². The zero-order chi connectivity index (χ0) is 5.82. The SMILES string of the molecule is CCCc1[c]nno1. The first-order valence-electron chi connectivity index (χ1n) is 2.62. The highest BCUT2D eigenvalue weighted by Crippen LogP contribution is 1.95. The lowest BCUT2D eigenvalue weighted by Crippen LogP contribution is -1.75. The molecular formula is C5H7N2O. The summed E-state index contributed by atoms with van der Waals surface area (Å²) in [5, 5.41) is 6.66. The average Bonchev–Trinajstić information content (AvgIpc) is 2.19. The number of aryl methyl sites for hydroxylation is 1. The highest BCUT2D eigenvalue weighted by atomic mass is 16.5. The molecule has 3 nitrogen and oxygen atoms in total. The van der Waals surface area contributed by atoms with Gasteiger partial charge < -0.3 is 4.52 Å². The topological polar surface area (TPSA) is 38.9 Å². The second-order valence-corrected chi connectivity index (χ2v) is 1.56. The average molecular weight is 111 g/mol. The number of aromatic nitrogens is 2. The van der Waals surface area contributed by atoms with Crippen LogP contribution >= 0.6 is 0 Å². The third-order valence-electron chi connectivity index (χ3n) is 0.844. The van der Waals surface area contributed by atoms with Crippen LogP contribution in [0.25, 0.3) is 0 Å². The summed E-state index contributed by atoms with van der Waals surface area (Å²) in [6.45, 7) is 2.07. The van der Waals surface area contributed by atoms with Gasteiger partial charge in [-0.1, -0.05) is 6.92 Å². The molecule has 0 aliphatic carbocycles. The fraction of sp³-hybridized carbons (Fsp3) is 0.600. The smallest absolute Gasteiger partial charge is 0.166 e. The minimum absolute atomic E-state index is 0.743. The van der Waals surface area contributed by atoms with Crippen LogP contribution in [0.3, 0.4) is 0 Å². The van der Waals surface area contributed by atoms with E-state index in [2.05, 4.69) is 28.0 Å². The molecule has 43 valence electrons. The van der Waals surface area contributed by atoms with Crippen LogP contribution in [0.1, 0.15) is 19.1 Å². The van der Waals surface area contributed by atoms with Gasteiger partial charge in [0.1, 0.15) is 0 Å². The third kappa shape index (κ3) is 1.05. The Bertz CT molecular complexity index is 136. The lowest BCUT2D eigenvalue weighted by atomic mass is 10.3. The summed E-state index contributed by atoms with van der Waals surface area (Å²) in [6, 6.07) is 0. The third-order valence-corrected chi connectivity index (χ3v) is 0.844. The van der Waals surface area contributed by atoms with E-state index in [0.29, 0.717) is 0 Å². The fourth-order valence-corrected chi connectivity index (χ4v) is 0.495. The van der Waals surface area contributed by atoms with Crippen molar-refractivity contribution >= 4 is 0 Å². The number of hydrogen-bond donors (Lipinski definition) is 0. The van der Waals surface area contributed by atoms with E-state index in [0.717, 1.165) is 18.6 Å². The molecule has 0 amide bonds. The van der Waals surface area contributed by atoms with Gasteiger partial charge in [-0.05, 0) is 6.42 Å². The van der Waals surface area contributed by atoms with Crippen molar-refractivity contribution in [1.29, 1.82) is 0 Å². The van der Waals surface area contributed by atoms with Gasteiger partial charge in [-0.2, -0.15) is 0 Å². The van der Waals surface area contributed by atoms with Gasteiger partial charge in [0.05, 0.1) is 0 Å². The molecule has 1 rings (SSSR count). The van der Waals surface area contributed by atoms with E-state index in [1.807, 2.05) is 0 Å². The van der Waals surface area contributed by atoms with E-state index in [4.69, 9.17) is 0 Å². The van der Waals surface area contributed by atoms with Crippen LogP contribution in [0.5, 0.6) is 0 Å². The summed E-state index contributed by atoms with van der Waals surface area (Å²) >= 11 is 0. The second kappa shape index (κ2) is 2.45. The molecule has 1 radical (unpaired) electrons. The monoisotopic (exact) mass is 111 g/mol. The van der Waals surface area contributed by atoms with Gasteiger partial charge in [-0.3, -0.25) is 0 Å². The van der Waals surface area contributed by atoms with Crippen molar-refractivity contribution in [2.45, 2.75) is 19.8 Å². The summed E-state index contributed by atoms with van der Waals surface area (Å²) in [5.41, 5.74) is 0. The van der Waals surface area contributed by atoms with Crippen molar-refractivity contribution in [3.63, 3.8) is 0 Å². The lowest BCUT2D eigenvalue weighted by Gasteiger charge is -1.81. The van der Waals surface area contributed by atoms with E-state index in [1.54, 1.807) is 0 Å². The van der Waals surface area contributed by atoms with Gasteiger partial charge >= 0.3 is 0 Å². The molecule has 0 saturated heterocycles. The van der Waals surface area contributed by atoms with Gasteiger partial charge in [0.2, 0.25) is 0 Å². The van der Waals surface area contributed by atoms with Crippen LogP contribution in [0, 0.1) is 6.20 Å². The van der Waals surface area contributed by atoms with E-state index in [1.165, 1.54) is 0 Å². The lowest BCUT2D eigenvalue weighted by molar-refractivity contribution is 0.361. The molecule has 0 aliphatic heterocycles. The molecule has 1 aromatic rings. The molecule has 0 atom stereocenters.